The second-order valence-corrected chi connectivity index (χ2v) is 4.63. The zero-order valence-electron chi connectivity index (χ0n) is 9.26. The van der Waals surface area contributed by atoms with Crippen LogP contribution in [0.2, 0.25) is 0 Å². The zero-order valence-corrected chi connectivity index (χ0v) is 10.8. The van der Waals surface area contributed by atoms with Crippen LogP contribution in [-0.2, 0) is 0 Å². The van der Waals surface area contributed by atoms with Gasteiger partial charge in [0.15, 0.2) is 5.65 Å². The smallest absolute Gasteiger partial charge is 0.218 e. The van der Waals surface area contributed by atoms with Crippen LogP contribution in [0.15, 0.2) is 47.3 Å². The van der Waals surface area contributed by atoms with Gasteiger partial charge in [-0.25, -0.2) is 9.50 Å². The van der Waals surface area contributed by atoms with E-state index in [0.717, 1.165) is 11.2 Å². The summed E-state index contributed by atoms with van der Waals surface area (Å²) in [5.74, 6) is 0. The van der Waals surface area contributed by atoms with E-state index in [1.54, 1.807) is 4.52 Å². The molecule has 0 aliphatic heterocycles. The summed E-state index contributed by atoms with van der Waals surface area (Å²) in [6.07, 6.45) is 2.00. The quantitative estimate of drug-likeness (QED) is 0.686. The molecule has 84 valence electrons. The SMILES string of the molecule is Cc1ccccc1-c1ccc2nc(Br)nn2c1. The van der Waals surface area contributed by atoms with Gasteiger partial charge in [-0.1, -0.05) is 24.3 Å². The van der Waals surface area contributed by atoms with Crippen molar-refractivity contribution in [3.8, 4) is 11.1 Å². The highest BCUT2D eigenvalue weighted by atomic mass is 79.9. The van der Waals surface area contributed by atoms with Crippen molar-refractivity contribution in [3.63, 3.8) is 0 Å². The highest BCUT2D eigenvalue weighted by Crippen LogP contribution is 2.23. The van der Waals surface area contributed by atoms with Gasteiger partial charge in [0.2, 0.25) is 4.73 Å². The van der Waals surface area contributed by atoms with E-state index in [1.165, 1.54) is 11.1 Å². The van der Waals surface area contributed by atoms with E-state index in [-0.39, 0.29) is 0 Å². The molecular formula is C13H10BrN3. The Morgan fingerprint density at radius 2 is 1.94 bits per heavy atom. The summed E-state index contributed by atoms with van der Waals surface area (Å²) in [5.41, 5.74) is 4.47. The minimum Gasteiger partial charge on any atom is -0.219 e. The molecule has 0 fully saturated rings. The molecule has 0 spiro atoms. The minimum absolute atomic E-state index is 0.611. The van der Waals surface area contributed by atoms with Gasteiger partial charge in [0.25, 0.3) is 0 Å². The average molecular weight is 288 g/mol. The molecule has 17 heavy (non-hydrogen) atoms. The molecule has 2 heterocycles. The first-order valence-electron chi connectivity index (χ1n) is 5.32. The van der Waals surface area contributed by atoms with Crippen LogP contribution in [-0.4, -0.2) is 14.6 Å². The number of aryl methyl sites for hydroxylation is 1. The van der Waals surface area contributed by atoms with Gasteiger partial charge in [-0.05, 0) is 46.1 Å². The van der Waals surface area contributed by atoms with Gasteiger partial charge >= 0.3 is 0 Å². The molecule has 3 aromatic rings. The predicted molar refractivity (Wildman–Crippen MR) is 70.9 cm³/mol. The number of fused-ring (bicyclic) bond motifs is 1. The number of nitrogens with zero attached hydrogens (tertiary/aromatic N) is 3. The van der Waals surface area contributed by atoms with Gasteiger partial charge in [0, 0.05) is 11.8 Å². The summed E-state index contributed by atoms with van der Waals surface area (Å²) in [6, 6.07) is 12.4. The van der Waals surface area contributed by atoms with Crippen molar-refractivity contribution in [2.24, 2.45) is 0 Å². The summed E-state index contributed by atoms with van der Waals surface area (Å²) in [4.78, 5) is 4.24. The van der Waals surface area contributed by atoms with Gasteiger partial charge in [-0.15, -0.1) is 5.10 Å². The first-order chi connectivity index (χ1) is 8.24. The van der Waals surface area contributed by atoms with Gasteiger partial charge in [0.05, 0.1) is 0 Å². The topological polar surface area (TPSA) is 30.2 Å². The van der Waals surface area contributed by atoms with Crippen LogP contribution in [0.25, 0.3) is 16.8 Å². The van der Waals surface area contributed by atoms with Crippen LogP contribution in [0.3, 0.4) is 0 Å². The second kappa shape index (κ2) is 3.96. The molecule has 0 radical (unpaired) electrons. The fourth-order valence-electron chi connectivity index (χ4n) is 1.91. The Labute approximate surface area is 107 Å². The average Bonchev–Trinajstić information content (AvgIpc) is 2.68. The molecule has 0 bridgehead atoms. The number of hydrogen-bond donors (Lipinski definition) is 0. The molecule has 0 amide bonds. The van der Waals surface area contributed by atoms with Crippen LogP contribution in [0.4, 0.5) is 0 Å². The van der Waals surface area contributed by atoms with E-state index in [4.69, 9.17) is 0 Å². The van der Waals surface area contributed by atoms with Crippen molar-refractivity contribution >= 4 is 21.6 Å². The van der Waals surface area contributed by atoms with Crippen LogP contribution >= 0.6 is 15.9 Å². The highest BCUT2D eigenvalue weighted by molar-refractivity contribution is 9.10. The van der Waals surface area contributed by atoms with Gasteiger partial charge in [-0.3, -0.25) is 0 Å². The van der Waals surface area contributed by atoms with E-state index in [9.17, 15) is 0 Å². The third kappa shape index (κ3) is 1.85. The number of aromatic nitrogens is 3. The molecule has 4 heteroatoms. The summed E-state index contributed by atoms with van der Waals surface area (Å²) in [6.45, 7) is 2.11. The number of pyridine rings is 1. The lowest BCUT2D eigenvalue weighted by atomic mass is 10.0. The summed E-state index contributed by atoms with van der Waals surface area (Å²) in [7, 11) is 0. The number of rotatable bonds is 1. The van der Waals surface area contributed by atoms with Crippen molar-refractivity contribution in [2.45, 2.75) is 6.92 Å². The van der Waals surface area contributed by atoms with Gasteiger partial charge in [-0.2, -0.15) is 0 Å². The highest BCUT2D eigenvalue weighted by Gasteiger charge is 2.04. The van der Waals surface area contributed by atoms with Crippen LogP contribution in [0.5, 0.6) is 0 Å². The number of benzene rings is 1. The third-order valence-electron chi connectivity index (χ3n) is 2.76. The standard InChI is InChI=1S/C13H10BrN3/c1-9-4-2-3-5-11(9)10-6-7-12-15-13(14)16-17(12)8-10/h2-8H,1H3. The Bertz CT molecular complexity index is 688. The van der Waals surface area contributed by atoms with Crippen molar-refractivity contribution in [1.82, 2.24) is 14.6 Å². The third-order valence-corrected chi connectivity index (χ3v) is 3.10. The maximum Gasteiger partial charge on any atom is 0.218 e. The summed E-state index contributed by atoms with van der Waals surface area (Å²) in [5, 5.41) is 4.25. The first kappa shape index (κ1) is 10.5. The lowest BCUT2D eigenvalue weighted by Crippen LogP contribution is -1.89. The summed E-state index contributed by atoms with van der Waals surface area (Å²) >= 11 is 3.28. The molecule has 0 aliphatic carbocycles. The normalized spacial score (nSPS) is 10.9. The summed E-state index contributed by atoms with van der Waals surface area (Å²) < 4.78 is 2.39. The van der Waals surface area contributed by atoms with E-state index in [0.29, 0.717) is 4.73 Å². The van der Waals surface area contributed by atoms with Crippen LogP contribution in [0.1, 0.15) is 5.56 Å². The molecule has 3 rings (SSSR count). The molecule has 1 aromatic carbocycles. The Kier molecular flexibility index (Phi) is 2.44. The maximum absolute atomic E-state index is 4.25. The minimum atomic E-state index is 0.611. The number of hydrogen-bond acceptors (Lipinski definition) is 2. The molecule has 0 N–H and O–H groups in total. The first-order valence-corrected chi connectivity index (χ1v) is 6.11. The zero-order chi connectivity index (χ0) is 11.8. The Balaban J connectivity index is 2.21. The maximum atomic E-state index is 4.25. The largest absolute Gasteiger partial charge is 0.219 e. The van der Waals surface area contributed by atoms with Crippen LogP contribution in [0, 0.1) is 6.92 Å². The Morgan fingerprint density at radius 3 is 2.76 bits per heavy atom. The Morgan fingerprint density at radius 1 is 1.12 bits per heavy atom. The second-order valence-electron chi connectivity index (χ2n) is 3.92. The van der Waals surface area contributed by atoms with Crippen LogP contribution < -0.4 is 0 Å². The van der Waals surface area contributed by atoms with Crippen molar-refractivity contribution < 1.29 is 0 Å². The fourth-order valence-corrected chi connectivity index (χ4v) is 2.26. The molecule has 2 aromatic heterocycles. The number of halogens is 1. The molecule has 0 saturated carbocycles. The molecular weight excluding hydrogens is 278 g/mol. The van der Waals surface area contributed by atoms with E-state index in [2.05, 4.69) is 51.1 Å². The Hall–Kier alpha value is -1.68. The lowest BCUT2D eigenvalue weighted by molar-refractivity contribution is 0.947. The molecule has 0 aliphatic rings. The van der Waals surface area contributed by atoms with Crippen molar-refractivity contribution in [1.29, 1.82) is 0 Å². The molecule has 0 atom stereocenters. The fraction of sp³-hybridized carbons (Fsp3) is 0.0769. The molecule has 3 nitrogen and oxygen atoms in total. The van der Waals surface area contributed by atoms with E-state index < -0.39 is 0 Å². The predicted octanol–water partition coefficient (Wildman–Crippen LogP) is 3.47. The van der Waals surface area contributed by atoms with Crippen molar-refractivity contribution in [2.75, 3.05) is 0 Å². The lowest BCUT2D eigenvalue weighted by Gasteiger charge is -2.05. The van der Waals surface area contributed by atoms with E-state index in [1.807, 2.05) is 24.4 Å². The molecule has 0 unspecified atom stereocenters. The van der Waals surface area contributed by atoms with Gasteiger partial charge < -0.3 is 0 Å². The molecule has 0 saturated heterocycles. The van der Waals surface area contributed by atoms with Crippen molar-refractivity contribution in [3.05, 3.63) is 52.9 Å². The monoisotopic (exact) mass is 287 g/mol. The van der Waals surface area contributed by atoms with Gasteiger partial charge in [0.1, 0.15) is 0 Å². The van der Waals surface area contributed by atoms with E-state index >= 15 is 0 Å².